The van der Waals surface area contributed by atoms with Crippen LogP contribution < -0.4 is 10.1 Å². The van der Waals surface area contributed by atoms with Crippen molar-refractivity contribution in [2.75, 3.05) is 12.4 Å². The van der Waals surface area contributed by atoms with E-state index in [1.165, 1.54) is 11.3 Å². The highest BCUT2D eigenvalue weighted by Gasteiger charge is 2.37. The summed E-state index contributed by atoms with van der Waals surface area (Å²) in [7, 11) is -0.242. The largest absolute Gasteiger partial charge is 0.496 e. The van der Waals surface area contributed by atoms with Crippen molar-refractivity contribution in [3.8, 4) is 28.3 Å². The second kappa shape index (κ2) is 11.7. The van der Waals surface area contributed by atoms with E-state index in [9.17, 15) is 4.79 Å². The Bertz CT molecular complexity index is 1750. The zero-order valence-corrected chi connectivity index (χ0v) is 26.7. The minimum absolute atomic E-state index is 0.146. The molecular formula is C31H34N6O3SSi. The molecule has 5 aromatic rings. The van der Waals surface area contributed by atoms with E-state index in [1.807, 2.05) is 55.6 Å². The minimum Gasteiger partial charge on any atom is -0.496 e. The third-order valence-electron chi connectivity index (χ3n) is 7.52. The molecule has 0 saturated carbocycles. The molecule has 4 aromatic heterocycles. The Morgan fingerprint density at radius 2 is 1.74 bits per heavy atom. The third-order valence-corrected chi connectivity index (χ3v) is 12.9. The van der Waals surface area contributed by atoms with Crippen LogP contribution in [-0.4, -0.2) is 46.3 Å². The molecule has 5 rings (SSSR count). The number of carbonyl (C=O) groups is 1. The highest BCUT2D eigenvalue weighted by molar-refractivity contribution is 7.21. The molecule has 1 aromatic carbocycles. The Kier molecular flexibility index (Phi) is 8.18. The van der Waals surface area contributed by atoms with Crippen molar-refractivity contribution in [1.29, 1.82) is 0 Å². The number of fused-ring (bicyclic) bond motifs is 1. The smallest absolute Gasteiger partial charge is 0.259 e. The maximum Gasteiger partial charge on any atom is 0.259 e. The quantitative estimate of drug-likeness (QED) is 0.185. The maximum absolute atomic E-state index is 13.4. The van der Waals surface area contributed by atoms with E-state index in [2.05, 4.69) is 59.1 Å². The van der Waals surface area contributed by atoms with Crippen LogP contribution in [0.5, 0.6) is 5.75 Å². The van der Waals surface area contributed by atoms with Gasteiger partial charge in [-0.1, -0.05) is 56.4 Å². The zero-order valence-electron chi connectivity index (χ0n) is 24.8. The number of benzene rings is 1. The number of hydrogen-bond donors (Lipinski definition) is 1. The van der Waals surface area contributed by atoms with Crippen molar-refractivity contribution in [3.63, 3.8) is 0 Å². The topological polar surface area (TPSA) is 112 Å². The summed E-state index contributed by atoms with van der Waals surface area (Å²) in [4.78, 5) is 36.6. The summed E-state index contributed by atoms with van der Waals surface area (Å²) in [5.74, 6) is 0.336. The SMILES string of the molecule is COc1ccccc1-c1cc(C)ncc1C(=O)Nc1nc2ncc(-c3ccc(CO[Si](C)(C)C(C)(C)C)cn3)nc2s1. The van der Waals surface area contributed by atoms with E-state index in [1.54, 1.807) is 19.5 Å². The predicted octanol–water partition coefficient (Wildman–Crippen LogP) is 7.30. The van der Waals surface area contributed by atoms with Gasteiger partial charge in [-0.2, -0.15) is 4.98 Å². The molecule has 0 bridgehead atoms. The number of para-hydroxylation sites is 1. The second-order valence-electron chi connectivity index (χ2n) is 11.5. The average Bonchev–Trinajstić information content (AvgIpc) is 3.37. The van der Waals surface area contributed by atoms with Crippen LogP contribution in [0.2, 0.25) is 18.1 Å². The molecule has 0 unspecified atom stereocenters. The predicted molar refractivity (Wildman–Crippen MR) is 169 cm³/mol. The molecule has 9 nitrogen and oxygen atoms in total. The number of rotatable bonds is 8. The van der Waals surface area contributed by atoms with Crippen LogP contribution in [0.3, 0.4) is 0 Å². The van der Waals surface area contributed by atoms with Gasteiger partial charge in [0, 0.05) is 29.2 Å². The van der Waals surface area contributed by atoms with Crippen molar-refractivity contribution >= 4 is 41.2 Å². The molecular weight excluding hydrogens is 565 g/mol. The van der Waals surface area contributed by atoms with Gasteiger partial charge in [-0.15, -0.1) is 0 Å². The lowest BCUT2D eigenvalue weighted by Crippen LogP contribution is -2.40. The first-order chi connectivity index (χ1) is 19.9. The van der Waals surface area contributed by atoms with Gasteiger partial charge in [-0.05, 0) is 48.8 Å². The second-order valence-corrected chi connectivity index (χ2v) is 17.3. The minimum atomic E-state index is -1.85. The summed E-state index contributed by atoms with van der Waals surface area (Å²) in [5.41, 5.74) is 5.52. The molecule has 11 heteroatoms. The normalized spacial score (nSPS) is 12.0. The van der Waals surface area contributed by atoms with Gasteiger partial charge in [0.05, 0.1) is 31.2 Å². The van der Waals surface area contributed by atoms with Crippen molar-refractivity contribution in [1.82, 2.24) is 24.9 Å². The summed E-state index contributed by atoms with van der Waals surface area (Å²) in [6.07, 6.45) is 5.04. The Morgan fingerprint density at radius 1 is 0.952 bits per heavy atom. The first-order valence-corrected chi connectivity index (χ1v) is 17.3. The van der Waals surface area contributed by atoms with Gasteiger partial charge in [-0.3, -0.25) is 20.1 Å². The molecule has 4 heterocycles. The van der Waals surface area contributed by atoms with E-state index in [-0.39, 0.29) is 10.9 Å². The number of carbonyl (C=O) groups excluding carboxylic acids is 1. The Balaban J connectivity index is 1.34. The number of aromatic nitrogens is 5. The van der Waals surface area contributed by atoms with E-state index in [0.717, 1.165) is 22.4 Å². The number of anilines is 1. The monoisotopic (exact) mass is 598 g/mol. The maximum atomic E-state index is 13.4. The molecule has 1 N–H and O–H groups in total. The molecule has 0 fully saturated rings. The number of thiazole rings is 1. The van der Waals surface area contributed by atoms with Gasteiger partial charge < -0.3 is 9.16 Å². The summed E-state index contributed by atoms with van der Waals surface area (Å²) in [6.45, 7) is 13.6. The average molecular weight is 599 g/mol. The molecule has 1 amide bonds. The van der Waals surface area contributed by atoms with E-state index >= 15 is 0 Å². The van der Waals surface area contributed by atoms with Gasteiger partial charge in [0.1, 0.15) is 11.4 Å². The number of amides is 1. The molecule has 0 saturated heterocycles. The van der Waals surface area contributed by atoms with Crippen LogP contribution in [0.15, 0.2) is 61.1 Å². The van der Waals surface area contributed by atoms with E-state index in [4.69, 9.17) is 14.1 Å². The Morgan fingerprint density at radius 3 is 2.45 bits per heavy atom. The van der Waals surface area contributed by atoms with E-state index < -0.39 is 8.32 Å². The van der Waals surface area contributed by atoms with Crippen LogP contribution in [0, 0.1) is 6.92 Å². The number of hydrogen-bond acceptors (Lipinski definition) is 9. The standard InChI is InChI=1S/C31H34N6O3SSi/c1-19-14-22(21-10-8-9-11-26(21)39-5)23(16-32-19)28(38)37-30-36-27-29(41-30)35-25(17-34-27)24-13-12-20(15-33-24)18-40-42(6,7)31(2,3)4/h8-17H,18H2,1-7H3,(H,34,36,37,38). The number of nitrogens with zero attached hydrogens (tertiary/aromatic N) is 5. The van der Waals surface area contributed by atoms with Crippen LogP contribution >= 0.6 is 11.3 Å². The Hall–Kier alpha value is -4.06. The summed E-state index contributed by atoms with van der Waals surface area (Å²) in [6, 6.07) is 13.4. The molecule has 0 aliphatic rings. The fraction of sp³-hybridized carbons (Fsp3) is 0.290. The van der Waals surface area contributed by atoms with Crippen LogP contribution in [0.25, 0.3) is 33.0 Å². The lowest BCUT2D eigenvalue weighted by atomic mass is 9.99. The molecule has 0 aliphatic carbocycles. The number of aryl methyl sites for hydroxylation is 1. The molecule has 0 spiro atoms. The van der Waals surface area contributed by atoms with Crippen molar-refractivity contribution in [3.05, 3.63) is 77.9 Å². The highest BCUT2D eigenvalue weighted by atomic mass is 32.1. The number of pyridine rings is 2. The van der Waals surface area contributed by atoms with Crippen molar-refractivity contribution in [2.24, 2.45) is 0 Å². The summed E-state index contributed by atoms with van der Waals surface area (Å²) < 4.78 is 11.9. The zero-order chi connectivity index (χ0) is 30.1. The van der Waals surface area contributed by atoms with Crippen molar-refractivity contribution in [2.45, 2.75) is 52.4 Å². The Labute approximate surface area is 250 Å². The highest BCUT2D eigenvalue weighted by Crippen LogP contribution is 2.37. The molecule has 0 radical (unpaired) electrons. The van der Waals surface area contributed by atoms with Gasteiger partial charge in [-0.25, -0.2) is 9.97 Å². The number of nitrogens with one attached hydrogen (secondary N) is 1. The number of methoxy groups -OCH3 is 1. The first kappa shape index (κ1) is 29.4. The van der Waals surface area contributed by atoms with E-state index in [0.29, 0.717) is 44.9 Å². The summed E-state index contributed by atoms with van der Waals surface area (Å²) in [5, 5.41) is 3.44. The lowest BCUT2D eigenvalue weighted by molar-refractivity contribution is 0.102. The molecule has 0 aliphatic heterocycles. The van der Waals surface area contributed by atoms with Gasteiger partial charge in [0.25, 0.3) is 5.91 Å². The molecule has 0 atom stereocenters. The van der Waals surface area contributed by atoms with Gasteiger partial charge in [0.15, 0.2) is 23.9 Å². The third kappa shape index (κ3) is 6.23. The fourth-order valence-corrected chi connectivity index (χ4v) is 5.79. The van der Waals surface area contributed by atoms with Crippen LogP contribution in [0.4, 0.5) is 5.13 Å². The fourth-order valence-electron chi connectivity index (χ4n) is 4.04. The van der Waals surface area contributed by atoms with Gasteiger partial charge >= 0.3 is 0 Å². The van der Waals surface area contributed by atoms with Gasteiger partial charge in [0.2, 0.25) is 0 Å². The first-order valence-electron chi connectivity index (χ1n) is 13.6. The summed E-state index contributed by atoms with van der Waals surface area (Å²) >= 11 is 1.25. The molecule has 216 valence electrons. The van der Waals surface area contributed by atoms with Crippen LogP contribution in [0.1, 0.15) is 42.4 Å². The van der Waals surface area contributed by atoms with Crippen molar-refractivity contribution < 1.29 is 14.0 Å². The van der Waals surface area contributed by atoms with Crippen LogP contribution in [-0.2, 0) is 11.0 Å². The molecule has 42 heavy (non-hydrogen) atoms. The lowest BCUT2D eigenvalue weighted by Gasteiger charge is -2.36. The number of ether oxygens (including phenoxy) is 1.